The number of Topliss-reactive ketones (excluding diaryl/α,β-unsaturated/α-hetero) is 2. The molecule has 0 spiro atoms. The number of aliphatic imine (C=N–C) groups is 3. The van der Waals surface area contributed by atoms with Gasteiger partial charge in [-0.15, -0.1) is 0 Å². The second kappa shape index (κ2) is 13.8. The van der Waals surface area contributed by atoms with Gasteiger partial charge < -0.3 is 5.11 Å². The van der Waals surface area contributed by atoms with E-state index in [4.69, 9.17) is 0 Å². The van der Waals surface area contributed by atoms with Gasteiger partial charge in [-0.05, 0) is 26.7 Å². The van der Waals surface area contributed by atoms with Crippen LogP contribution in [0.5, 0.6) is 0 Å². The van der Waals surface area contributed by atoms with Crippen LogP contribution in [0.3, 0.4) is 0 Å². The van der Waals surface area contributed by atoms with Crippen LogP contribution in [0, 0.1) is 5.92 Å². The zero-order valence-corrected chi connectivity index (χ0v) is 21.2. The Bertz CT molecular complexity index is 1220. The Morgan fingerprint density at radius 1 is 0.838 bits per heavy atom. The molecule has 2 aromatic carbocycles. The molecule has 0 radical (unpaired) electrons. The van der Waals surface area contributed by atoms with Gasteiger partial charge in [-0.25, -0.2) is 4.79 Å². The summed E-state index contributed by atoms with van der Waals surface area (Å²) in [5.74, 6) is -0.964. The highest BCUT2D eigenvalue weighted by molar-refractivity contribution is 6.22. The lowest BCUT2D eigenvalue weighted by atomic mass is 9.94. The van der Waals surface area contributed by atoms with E-state index in [1.165, 1.54) is 6.21 Å². The van der Waals surface area contributed by atoms with E-state index in [0.29, 0.717) is 55.0 Å². The van der Waals surface area contributed by atoms with E-state index < -0.39 is 12.0 Å². The maximum absolute atomic E-state index is 13.2. The first-order chi connectivity index (χ1) is 17.9. The third-order valence-corrected chi connectivity index (χ3v) is 6.05. The Labute approximate surface area is 217 Å². The van der Waals surface area contributed by atoms with Gasteiger partial charge in [-0.2, -0.15) is 0 Å². The predicted molar refractivity (Wildman–Crippen MR) is 146 cm³/mol. The van der Waals surface area contributed by atoms with Crippen LogP contribution in [-0.4, -0.2) is 72.0 Å². The van der Waals surface area contributed by atoms with E-state index in [-0.39, 0.29) is 23.7 Å². The van der Waals surface area contributed by atoms with Gasteiger partial charge in [0.2, 0.25) is 0 Å². The predicted octanol–water partition coefficient (Wildman–Crippen LogP) is 5.02. The number of amides is 1. The molecular weight excluding hydrogens is 468 g/mol. The molecule has 3 rings (SSSR count). The number of allylic oxidation sites excluding steroid dienone is 2. The van der Waals surface area contributed by atoms with Crippen LogP contribution in [0.25, 0.3) is 0 Å². The molecule has 0 saturated carbocycles. The first-order valence-corrected chi connectivity index (χ1v) is 12.3. The van der Waals surface area contributed by atoms with Crippen molar-refractivity contribution in [1.82, 2.24) is 4.90 Å². The molecule has 1 heterocycles. The van der Waals surface area contributed by atoms with Crippen LogP contribution >= 0.6 is 0 Å². The van der Waals surface area contributed by atoms with Crippen molar-refractivity contribution >= 4 is 35.8 Å². The molecule has 0 bridgehead atoms. The van der Waals surface area contributed by atoms with Gasteiger partial charge in [0.1, 0.15) is 0 Å². The molecular formula is C29H32N4O4. The minimum atomic E-state index is -1.16. The van der Waals surface area contributed by atoms with Crippen molar-refractivity contribution in [2.24, 2.45) is 20.9 Å². The first kappa shape index (κ1) is 27.4. The van der Waals surface area contributed by atoms with Crippen LogP contribution in [0.2, 0.25) is 0 Å². The van der Waals surface area contributed by atoms with Gasteiger partial charge in [-0.3, -0.25) is 29.5 Å². The van der Waals surface area contributed by atoms with Crippen molar-refractivity contribution < 1.29 is 19.5 Å². The number of carbonyl (C=O) groups is 3. The molecule has 1 unspecified atom stereocenters. The van der Waals surface area contributed by atoms with Crippen LogP contribution in [0.1, 0.15) is 47.4 Å². The van der Waals surface area contributed by atoms with E-state index in [1.807, 2.05) is 24.3 Å². The number of nitrogens with zero attached hydrogens (tertiary/aromatic N) is 4. The topological polar surface area (TPSA) is 112 Å². The lowest BCUT2D eigenvalue weighted by Crippen LogP contribution is -2.31. The zero-order chi connectivity index (χ0) is 26.6. The molecule has 1 amide bonds. The Hall–Kier alpha value is -4.20. The highest BCUT2D eigenvalue weighted by Crippen LogP contribution is 2.17. The molecule has 192 valence electrons. The quantitative estimate of drug-likeness (QED) is 0.594. The molecule has 8 heteroatoms. The molecule has 2 aromatic rings. The summed E-state index contributed by atoms with van der Waals surface area (Å²) in [7, 11) is 0. The number of hydrogen-bond donors (Lipinski definition) is 1. The van der Waals surface area contributed by atoms with Gasteiger partial charge in [-0.1, -0.05) is 60.7 Å². The first-order valence-electron chi connectivity index (χ1n) is 12.3. The minimum absolute atomic E-state index is 0.0836. The third kappa shape index (κ3) is 7.64. The highest BCUT2D eigenvalue weighted by Gasteiger charge is 2.23. The molecule has 37 heavy (non-hydrogen) atoms. The normalized spacial score (nSPS) is 17.8. The highest BCUT2D eigenvalue weighted by atomic mass is 16.4. The molecule has 0 saturated heterocycles. The summed E-state index contributed by atoms with van der Waals surface area (Å²) in [4.78, 5) is 53.1. The summed E-state index contributed by atoms with van der Waals surface area (Å²) in [5, 5.41) is 9.90. The average Bonchev–Trinajstić information content (AvgIpc) is 2.91. The van der Waals surface area contributed by atoms with Gasteiger partial charge in [0.05, 0.1) is 11.5 Å². The van der Waals surface area contributed by atoms with E-state index in [2.05, 4.69) is 15.0 Å². The van der Waals surface area contributed by atoms with Crippen LogP contribution < -0.4 is 0 Å². The maximum atomic E-state index is 13.2. The lowest BCUT2D eigenvalue weighted by Gasteiger charge is -2.22. The number of hydrogen-bond acceptors (Lipinski definition) is 6. The Kier molecular flexibility index (Phi) is 10.2. The summed E-state index contributed by atoms with van der Waals surface area (Å²) in [6, 6.07) is 17.8. The number of ketones is 2. The summed E-state index contributed by atoms with van der Waals surface area (Å²) in [6.07, 6.45) is 2.95. The van der Waals surface area contributed by atoms with E-state index in [0.717, 1.165) is 4.90 Å². The molecule has 1 atom stereocenters. The van der Waals surface area contributed by atoms with Crippen molar-refractivity contribution in [2.75, 3.05) is 26.2 Å². The second-order valence-corrected chi connectivity index (χ2v) is 8.66. The van der Waals surface area contributed by atoms with E-state index >= 15 is 0 Å². The summed E-state index contributed by atoms with van der Waals surface area (Å²) >= 11 is 0. The summed E-state index contributed by atoms with van der Waals surface area (Å²) < 4.78 is 0. The van der Waals surface area contributed by atoms with E-state index in [1.54, 1.807) is 56.5 Å². The monoisotopic (exact) mass is 500 g/mol. The molecule has 0 fully saturated rings. The molecule has 8 nitrogen and oxygen atoms in total. The summed E-state index contributed by atoms with van der Waals surface area (Å²) in [5.41, 5.74) is 2.21. The Morgan fingerprint density at radius 3 is 2.11 bits per heavy atom. The van der Waals surface area contributed by atoms with Crippen LogP contribution in [0.4, 0.5) is 4.79 Å². The van der Waals surface area contributed by atoms with Gasteiger partial charge in [0.15, 0.2) is 11.6 Å². The molecule has 0 aliphatic carbocycles. The Morgan fingerprint density at radius 2 is 1.46 bits per heavy atom. The fraction of sp³-hybridized carbons (Fsp3) is 0.310. The smallest absolute Gasteiger partial charge is 0.411 e. The Balaban J connectivity index is 1.89. The third-order valence-electron chi connectivity index (χ3n) is 6.05. The van der Waals surface area contributed by atoms with Crippen molar-refractivity contribution in [3.05, 3.63) is 83.1 Å². The number of benzene rings is 2. The zero-order valence-electron chi connectivity index (χ0n) is 21.2. The number of carbonyl (C=O) groups excluding carboxylic acids is 2. The van der Waals surface area contributed by atoms with E-state index in [9.17, 15) is 19.5 Å². The number of carboxylic acid groups (broad SMARTS) is 1. The molecule has 0 aromatic heterocycles. The van der Waals surface area contributed by atoms with Crippen molar-refractivity contribution in [1.29, 1.82) is 0 Å². The van der Waals surface area contributed by atoms with Crippen molar-refractivity contribution in [3.8, 4) is 0 Å². The largest absolute Gasteiger partial charge is 0.465 e. The molecule has 1 N–H and O–H groups in total. The lowest BCUT2D eigenvalue weighted by molar-refractivity contribution is 0.0979. The fourth-order valence-corrected chi connectivity index (χ4v) is 3.93. The second-order valence-electron chi connectivity index (χ2n) is 8.66. The average molecular weight is 501 g/mol. The molecule has 1 aliphatic heterocycles. The van der Waals surface area contributed by atoms with Crippen molar-refractivity contribution in [2.45, 2.75) is 26.7 Å². The number of rotatable bonds is 4. The van der Waals surface area contributed by atoms with Gasteiger partial charge in [0, 0.05) is 61.1 Å². The van der Waals surface area contributed by atoms with Crippen LogP contribution in [-0.2, 0) is 0 Å². The standard InChI is InChI=1S/C29H32N4O4/c1-21-25(27(34)23-11-5-3-6-12-23)19-30-15-9-16-31-20-26(28(35)24-13-7-4-8-14-24)22(2)33(29(36)37)18-10-17-32-21/h3-8,11-14,19-20,25H,9-10,15-18H2,1-2H3,(H,36,37). The van der Waals surface area contributed by atoms with Gasteiger partial charge >= 0.3 is 6.09 Å². The van der Waals surface area contributed by atoms with Gasteiger partial charge in [0.25, 0.3) is 0 Å². The fourth-order valence-electron chi connectivity index (χ4n) is 3.93. The van der Waals surface area contributed by atoms with Crippen LogP contribution in [0.15, 0.2) is 86.9 Å². The molecule has 1 aliphatic rings. The SMILES string of the molecule is CC1=NCCCN(C(=O)O)C(C)=C(C(=O)c2ccccc2)C=NCCCN=CC1C(=O)c1ccccc1. The maximum Gasteiger partial charge on any atom is 0.411 e. The van der Waals surface area contributed by atoms with Crippen molar-refractivity contribution in [3.63, 3.8) is 0 Å². The minimum Gasteiger partial charge on any atom is -0.465 e. The summed E-state index contributed by atoms with van der Waals surface area (Å²) in [6.45, 7) is 4.73.